The minimum atomic E-state index is -3.57. The molecule has 0 aliphatic heterocycles. The second kappa shape index (κ2) is 7.37. The maximum atomic E-state index is 13.1. The van der Waals surface area contributed by atoms with Crippen LogP contribution in [0.3, 0.4) is 0 Å². The summed E-state index contributed by atoms with van der Waals surface area (Å²) in [4.78, 5) is 12.0. The van der Waals surface area contributed by atoms with Crippen LogP contribution >= 0.6 is 0 Å². The number of nitrogens with zero attached hydrogens (tertiary/aromatic N) is 1. The van der Waals surface area contributed by atoms with Crippen LogP contribution < -0.4 is 5.32 Å². The van der Waals surface area contributed by atoms with Crippen LogP contribution in [0.5, 0.6) is 0 Å². The van der Waals surface area contributed by atoms with Crippen LogP contribution in [0.4, 0.5) is 10.1 Å². The fourth-order valence-electron chi connectivity index (χ4n) is 1.91. The Balaban J connectivity index is 2.12. The molecule has 0 atom stereocenters. The monoisotopic (exact) mass is 348 g/mol. The zero-order valence-corrected chi connectivity index (χ0v) is 14.0. The van der Waals surface area contributed by atoms with E-state index in [1.807, 2.05) is 0 Å². The van der Waals surface area contributed by atoms with Crippen LogP contribution in [0.25, 0.3) is 6.08 Å². The summed E-state index contributed by atoms with van der Waals surface area (Å²) in [5, 5.41) is 2.58. The molecule has 0 saturated carbocycles. The van der Waals surface area contributed by atoms with Gasteiger partial charge in [-0.25, -0.2) is 17.1 Å². The highest BCUT2D eigenvalue weighted by Gasteiger charge is 2.17. The third-order valence-corrected chi connectivity index (χ3v) is 4.97. The SMILES string of the molecule is CN(C)S(=O)(=O)c1cccc(NC(=O)/C=C/c2cccc(F)c2)c1. The van der Waals surface area contributed by atoms with Gasteiger partial charge in [0.25, 0.3) is 0 Å². The molecular formula is C17H17FN2O3S. The largest absolute Gasteiger partial charge is 0.322 e. The number of hydrogen-bond acceptors (Lipinski definition) is 3. The van der Waals surface area contributed by atoms with Crippen LogP contribution in [0.1, 0.15) is 5.56 Å². The molecule has 1 N–H and O–H groups in total. The molecule has 0 heterocycles. The van der Waals surface area contributed by atoms with Crippen molar-refractivity contribution in [1.82, 2.24) is 4.31 Å². The maximum Gasteiger partial charge on any atom is 0.248 e. The quantitative estimate of drug-likeness (QED) is 0.845. The van der Waals surface area contributed by atoms with Gasteiger partial charge in [-0.3, -0.25) is 4.79 Å². The Kier molecular flexibility index (Phi) is 5.48. The molecule has 0 aliphatic rings. The van der Waals surface area contributed by atoms with Gasteiger partial charge < -0.3 is 5.32 Å². The zero-order chi connectivity index (χ0) is 17.7. The first kappa shape index (κ1) is 17.8. The lowest BCUT2D eigenvalue weighted by Crippen LogP contribution is -2.22. The average molecular weight is 348 g/mol. The Labute approximate surface area is 140 Å². The van der Waals surface area contributed by atoms with Gasteiger partial charge in [0, 0.05) is 25.9 Å². The van der Waals surface area contributed by atoms with Gasteiger partial charge in [0.1, 0.15) is 5.82 Å². The molecule has 126 valence electrons. The summed E-state index contributed by atoms with van der Waals surface area (Å²) in [6.07, 6.45) is 2.72. The average Bonchev–Trinajstić information content (AvgIpc) is 2.53. The van der Waals surface area contributed by atoms with Crippen LogP contribution in [-0.2, 0) is 14.8 Å². The van der Waals surface area contributed by atoms with Gasteiger partial charge >= 0.3 is 0 Å². The van der Waals surface area contributed by atoms with Crippen molar-refractivity contribution in [3.05, 3.63) is 66.0 Å². The third-order valence-electron chi connectivity index (χ3n) is 3.16. The topological polar surface area (TPSA) is 66.5 Å². The molecule has 0 saturated heterocycles. The summed E-state index contributed by atoms with van der Waals surface area (Å²) in [7, 11) is -0.707. The van der Waals surface area contributed by atoms with Crippen molar-refractivity contribution in [3.63, 3.8) is 0 Å². The predicted octanol–water partition coefficient (Wildman–Crippen LogP) is 2.73. The van der Waals surface area contributed by atoms with Crippen LogP contribution in [0.15, 0.2) is 59.5 Å². The van der Waals surface area contributed by atoms with E-state index < -0.39 is 15.9 Å². The second-order valence-electron chi connectivity index (χ2n) is 5.19. The lowest BCUT2D eigenvalue weighted by atomic mass is 10.2. The summed E-state index contributed by atoms with van der Waals surface area (Å²) in [6.45, 7) is 0. The molecule has 0 radical (unpaired) electrons. The van der Waals surface area contributed by atoms with E-state index in [0.717, 1.165) is 4.31 Å². The van der Waals surface area contributed by atoms with Gasteiger partial charge in [0.2, 0.25) is 15.9 Å². The summed E-state index contributed by atoms with van der Waals surface area (Å²) in [6, 6.07) is 11.8. The molecule has 0 spiro atoms. The number of anilines is 1. The maximum absolute atomic E-state index is 13.1. The molecule has 0 fully saturated rings. The van der Waals surface area contributed by atoms with E-state index in [2.05, 4.69) is 5.32 Å². The highest BCUT2D eigenvalue weighted by Crippen LogP contribution is 2.18. The molecule has 2 aromatic carbocycles. The van der Waals surface area contributed by atoms with E-state index in [9.17, 15) is 17.6 Å². The first-order valence-electron chi connectivity index (χ1n) is 7.06. The number of carbonyl (C=O) groups excluding carboxylic acids is 1. The van der Waals surface area contributed by atoms with Crippen molar-refractivity contribution in [2.45, 2.75) is 4.90 Å². The van der Waals surface area contributed by atoms with Crippen molar-refractivity contribution in [2.24, 2.45) is 0 Å². The van der Waals surface area contributed by atoms with Crippen LogP contribution in [0.2, 0.25) is 0 Å². The third kappa shape index (κ3) is 4.50. The van der Waals surface area contributed by atoms with E-state index in [4.69, 9.17) is 0 Å². The molecule has 5 nitrogen and oxygen atoms in total. The summed E-state index contributed by atoms with van der Waals surface area (Å²) >= 11 is 0. The minimum absolute atomic E-state index is 0.0828. The number of rotatable bonds is 5. The minimum Gasteiger partial charge on any atom is -0.322 e. The Morgan fingerprint density at radius 3 is 2.50 bits per heavy atom. The van der Waals surface area contributed by atoms with Crippen molar-refractivity contribution >= 4 is 27.7 Å². The number of sulfonamides is 1. The van der Waals surface area contributed by atoms with Gasteiger partial charge in [-0.15, -0.1) is 0 Å². The van der Waals surface area contributed by atoms with Crippen molar-refractivity contribution in [3.8, 4) is 0 Å². The standard InChI is InChI=1S/C17H17FN2O3S/c1-20(2)24(22,23)16-8-4-7-15(12-16)19-17(21)10-9-13-5-3-6-14(18)11-13/h3-12H,1-2H3,(H,19,21)/b10-9+. The van der Waals surface area contributed by atoms with Crippen molar-refractivity contribution in [2.75, 3.05) is 19.4 Å². The van der Waals surface area contributed by atoms with E-state index in [1.54, 1.807) is 24.3 Å². The molecule has 1 amide bonds. The Morgan fingerprint density at radius 1 is 1.12 bits per heavy atom. The van der Waals surface area contributed by atoms with Crippen LogP contribution in [0, 0.1) is 5.82 Å². The molecule has 2 aromatic rings. The first-order chi connectivity index (χ1) is 11.3. The molecule has 2 rings (SSSR count). The normalized spacial score (nSPS) is 11.8. The molecule has 0 unspecified atom stereocenters. The second-order valence-corrected chi connectivity index (χ2v) is 7.34. The number of halogens is 1. The molecular weight excluding hydrogens is 331 g/mol. The van der Waals surface area contributed by atoms with Gasteiger partial charge in [-0.05, 0) is 42.0 Å². The van der Waals surface area contributed by atoms with Crippen molar-refractivity contribution < 1.29 is 17.6 Å². The molecule has 7 heteroatoms. The number of amides is 1. The Bertz CT molecular complexity index is 877. The molecule has 0 bridgehead atoms. The summed E-state index contributed by atoms with van der Waals surface area (Å²) < 4.78 is 38.3. The smallest absolute Gasteiger partial charge is 0.248 e. The molecule has 0 aliphatic carbocycles. The van der Waals surface area contributed by atoms with Gasteiger partial charge in [-0.2, -0.15) is 0 Å². The predicted molar refractivity (Wildman–Crippen MR) is 91.4 cm³/mol. The first-order valence-corrected chi connectivity index (χ1v) is 8.50. The fraction of sp³-hybridized carbons (Fsp3) is 0.118. The lowest BCUT2D eigenvalue weighted by Gasteiger charge is -2.12. The van der Waals surface area contributed by atoms with E-state index in [-0.39, 0.29) is 10.7 Å². The van der Waals surface area contributed by atoms with Crippen molar-refractivity contribution in [1.29, 1.82) is 0 Å². The molecule has 0 aromatic heterocycles. The van der Waals surface area contributed by atoms with Gasteiger partial charge in [-0.1, -0.05) is 18.2 Å². The summed E-state index contributed by atoms with van der Waals surface area (Å²) in [5.74, 6) is -0.835. The van der Waals surface area contributed by atoms with E-state index >= 15 is 0 Å². The lowest BCUT2D eigenvalue weighted by molar-refractivity contribution is -0.111. The van der Waals surface area contributed by atoms with Gasteiger partial charge in [0.05, 0.1) is 4.90 Å². The fourth-order valence-corrected chi connectivity index (χ4v) is 2.86. The number of hydrogen-bond donors (Lipinski definition) is 1. The number of carbonyl (C=O) groups is 1. The number of nitrogens with one attached hydrogen (secondary N) is 1. The van der Waals surface area contributed by atoms with E-state index in [0.29, 0.717) is 11.3 Å². The zero-order valence-electron chi connectivity index (χ0n) is 13.2. The Hall–Kier alpha value is -2.51. The Morgan fingerprint density at radius 2 is 1.83 bits per heavy atom. The van der Waals surface area contributed by atoms with Crippen LogP contribution in [-0.4, -0.2) is 32.7 Å². The summed E-state index contributed by atoms with van der Waals surface area (Å²) in [5.41, 5.74) is 0.904. The highest BCUT2D eigenvalue weighted by atomic mass is 32.2. The molecule has 24 heavy (non-hydrogen) atoms. The number of benzene rings is 2. The van der Waals surface area contributed by atoms with E-state index in [1.165, 1.54) is 50.5 Å². The van der Waals surface area contributed by atoms with Gasteiger partial charge in [0.15, 0.2) is 0 Å². The highest BCUT2D eigenvalue weighted by molar-refractivity contribution is 7.89.